The Bertz CT molecular complexity index is 213. The Labute approximate surface area is 99.7 Å². The van der Waals surface area contributed by atoms with Gasteiger partial charge in [-0.3, -0.25) is 0 Å². The van der Waals surface area contributed by atoms with Crippen LogP contribution in [0.15, 0.2) is 0 Å². The molecule has 0 bridgehead atoms. The second kappa shape index (κ2) is 5.52. The maximum absolute atomic E-state index is 9.32. The molecule has 0 aromatic carbocycles. The lowest BCUT2D eigenvalue weighted by molar-refractivity contribution is 0.0606. The zero-order valence-electron chi connectivity index (χ0n) is 10.5. The van der Waals surface area contributed by atoms with E-state index in [1.54, 1.807) is 0 Å². The van der Waals surface area contributed by atoms with Gasteiger partial charge in [0.2, 0.25) is 0 Å². The van der Waals surface area contributed by atoms with Gasteiger partial charge in [0.15, 0.2) is 0 Å². The summed E-state index contributed by atoms with van der Waals surface area (Å²) in [4.78, 5) is 2.63. The van der Waals surface area contributed by atoms with Crippen molar-refractivity contribution in [3.63, 3.8) is 0 Å². The first-order valence-electron chi connectivity index (χ1n) is 6.84. The van der Waals surface area contributed by atoms with E-state index in [0.717, 1.165) is 6.54 Å². The molecule has 3 nitrogen and oxygen atoms in total. The van der Waals surface area contributed by atoms with Crippen LogP contribution in [0.25, 0.3) is 0 Å². The summed E-state index contributed by atoms with van der Waals surface area (Å²) >= 11 is 0. The van der Waals surface area contributed by atoms with E-state index in [2.05, 4.69) is 10.1 Å². The number of piperidine rings is 1. The van der Waals surface area contributed by atoms with Gasteiger partial charge >= 0.3 is 7.05 Å². The molecule has 0 radical (unpaired) electrons. The molecule has 16 heavy (non-hydrogen) atoms. The third-order valence-corrected chi connectivity index (χ3v) is 4.19. The van der Waals surface area contributed by atoms with E-state index in [4.69, 9.17) is 0 Å². The van der Waals surface area contributed by atoms with Crippen molar-refractivity contribution in [2.75, 3.05) is 26.2 Å². The van der Waals surface area contributed by atoms with Crippen LogP contribution in [0.5, 0.6) is 0 Å². The molecule has 0 spiro atoms. The fourth-order valence-electron chi connectivity index (χ4n) is 3.02. The smallest absolute Gasteiger partial charge is 0.373 e. The highest BCUT2D eigenvalue weighted by molar-refractivity contribution is 6.45. The number of hydrogen-bond donors (Lipinski definition) is 2. The fourth-order valence-corrected chi connectivity index (χ4v) is 3.02. The molecule has 0 amide bonds. The lowest BCUT2D eigenvalue weighted by atomic mass is 9.67. The molecule has 2 rings (SSSR count). The highest BCUT2D eigenvalue weighted by Gasteiger charge is 2.38. The highest BCUT2D eigenvalue weighted by Crippen LogP contribution is 2.41. The van der Waals surface area contributed by atoms with Crippen molar-refractivity contribution in [3.8, 4) is 0 Å². The molecule has 4 heteroatoms. The molecular weight excluding hydrogens is 199 g/mol. The van der Waals surface area contributed by atoms with Gasteiger partial charge in [-0.05, 0) is 57.6 Å². The zero-order valence-corrected chi connectivity index (χ0v) is 10.5. The highest BCUT2D eigenvalue weighted by atomic mass is 16.2. The van der Waals surface area contributed by atoms with Crippen molar-refractivity contribution in [3.05, 3.63) is 0 Å². The Morgan fingerprint density at radius 2 is 1.88 bits per heavy atom. The van der Waals surface area contributed by atoms with Crippen LogP contribution >= 0.6 is 0 Å². The van der Waals surface area contributed by atoms with Gasteiger partial charge in [-0.2, -0.15) is 0 Å². The van der Waals surface area contributed by atoms with Crippen LogP contribution in [0.3, 0.4) is 0 Å². The van der Waals surface area contributed by atoms with Crippen LogP contribution in [0.2, 0.25) is 6.82 Å². The number of hydrogen-bond acceptors (Lipinski definition) is 3. The summed E-state index contributed by atoms with van der Waals surface area (Å²) in [5, 5.41) is 12.5. The summed E-state index contributed by atoms with van der Waals surface area (Å²) in [6.07, 6.45) is 8.21. The third kappa shape index (κ3) is 3.22. The van der Waals surface area contributed by atoms with Gasteiger partial charge in [-0.15, -0.1) is 0 Å². The SMILES string of the molecule is CB(O)NCC1(CN2CCCCC2)CCC1. The molecule has 0 aromatic heterocycles. The molecule has 0 atom stereocenters. The first-order chi connectivity index (χ1) is 7.70. The van der Waals surface area contributed by atoms with Crippen molar-refractivity contribution >= 4 is 7.05 Å². The largest absolute Gasteiger partial charge is 0.437 e. The van der Waals surface area contributed by atoms with Crippen molar-refractivity contribution < 1.29 is 5.02 Å². The molecule has 2 N–H and O–H groups in total. The summed E-state index contributed by atoms with van der Waals surface area (Å²) in [6.45, 7) is 6.62. The molecule has 1 saturated heterocycles. The van der Waals surface area contributed by atoms with Crippen LogP contribution in [0, 0.1) is 5.41 Å². The maximum atomic E-state index is 9.32. The summed E-state index contributed by atoms with van der Waals surface area (Å²) in [5.74, 6) is 0. The Kier molecular flexibility index (Phi) is 4.28. The molecule has 92 valence electrons. The Morgan fingerprint density at radius 1 is 1.19 bits per heavy atom. The minimum Gasteiger partial charge on any atom is -0.437 e. The van der Waals surface area contributed by atoms with Crippen molar-refractivity contribution in [2.24, 2.45) is 5.41 Å². The monoisotopic (exact) mass is 224 g/mol. The molecule has 1 heterocycles. The Morgan fingerprint density at radius 3 is 2.38 bits per heavy atom. The van der Waals surface area contributed by atoms with Crippen molar-refractivity contribution in [1.29, 1.82) is 0 Å². The van der Waals surface area contributed by atoms with Gasteiger partial charge in [-0.1, -0.05) is 12.8 Å². The van der Waals surface area contributed by atoms with Crippen LogP contribution in [-0.2, 0) is 0 Å². The molecule has 0 aromatic rings. The topological polar surface area (TPSA) is 35.5 Å². The second-order valence-corrected chi connectivity index (χ2v) is 5.75. The van der Waals surface area contributed by atoms with E-state index < -0.39 is 0 Å². The van der Waals surface area contributed by atoms with Gasteiger partial charge in [0.1, 0.15) is 0 Å². The number of nitrogens with zero attached hydrogens (tertiary/aromatic N) is 1. The first-order valence-corrected chi connectivity index (χ1v) is 6.84. The standard InChI is InChI=1S/C12H25BN2O/c1-13(16)14-10-12(6-5-7-12)11-15-8-3-2-4-9-15/h14,16H,2-11H2,1H3. The quantitative estimate of drug-likeness (QED) is 0.692. The molecule has 1 saturated carbocycles. The lowest BCUT2D eigenvalue weighted by Gasteiger charge is -2.46. The van der Waals surface area contributed by atoms with Gasteiger partial charge < -0.3 is 15.2 Å². The molecule has 1 aliphatic heterocycles. The van der Waals surface area contributed by atoms with Gasteiger partial charge in [0.25, 0.3) is 0 Å². The van der Waals surface area contributed by atoms with E-state index in [0.29, 0.717) is 5.41 Å². The minimum absolute atomic E-state index is 0.362. The summed E-state index contributed by atoms with van der Waals surface area (Å²) in [5.41, 5.74) is 0.467. The fraction of sp³-hybridized carbons (Fsp3) is 1.00. The summed E-state index contributed by atoms with van der Waals surface area (Å²) < 4.78 is 0. The maximum Gasteiger partial charge on any atom is 0.373 e. The van der Waals surface area contributed by atoms with E-state index in [-0.39, 0.29) is 7.05 Å². The molecule has 1 aliphatic carbocycles. The normalized spacial score (nSPS) is 25.1. The summed E-state index contributed by atoms with van der Waals surface area (Å²) in [6, 6.07) is 0. The lowest BCUT2D eigenvalue weighted by Crippen LogP contribution is -2.51. The van der Waals surface area contributed by atoms with Crippen LogP contribution in [0.1, 0.15) is 38.5 Å². The zero-order chi connectivity index (χ0) is 11.4. The number of nitrogens with one attached hydrogen (secondary N) is 1. The van der Waals surface area contributed by atoms with Crippen LogP contribution in [0.4, 0.5) is 0 Å². The van der Waals surface area contributed by atoms with Gasteiger partial charge in [0.05, 0.1) is 0 Å². The third-order valence-electron chi connectivity index (χ3n) is 4.19. The van der Waals surface area contributed by atoms with Gasteiger partial charge in [-0.25, -0.2) is 0 Å². The summed E-state index contributed by atoms with van der Waals surface area (Å²) in [7, 11) is -0.362. The second-order valence-electron chi connectivity index (χ2n) is 5.75. The van der Waals surface area contributed by atoms with E-state index >= 15 is 0 Å². The van der Waals surface area contributed by atoms with E-state index in [9.17, 15) is 5.02 Å². The number of rotatable bonds is 5. The van der Waals surface area contributed by atoms with Crippen molar-refractivity contribution in [2.45, 2.75) is 45.3 Å². The number of likely N-dealkylation sites (tertiary alicyclic amines) is 1. The van der Waals surface area contributed by atoms with E-state index in [1.165, 1.54) is 58.2 Å². The molecule has 2 aliphatic rings. The average Bonchev–Trinajstić information content (AvgIpc) is 2.23. The van der Waals surface area contributed by atoms with Crippen LogP contribution in [-0.4, -0.2) is 43.2 Å². The van der Waals surface area contributed by atoms with Crippen molar-refractivity contribution in [1.82, 2.24) is 10.1 Å². The Hall–Kier alpha value is -0.0551. The average molecular weight is 224 g/mol. The van der Waals surface area contributed by atoms with Gasteiger partial charge in [0, 0.05) is 6.54 Å². The molecule has 2 fully saturated rings. The van der Waals surface area contributed by atoms with E-state index in [1.807, 2.05) is 6.82 Å². The molecule has 0 unspecified atom stereocenters. The predicted molar refractivity (Wildman–Crippen MR) is 68.4 cm³/mol. The predicted octanol–water partition coefficient (Wildman–Crippen LogP) is 1.34. The van der Waals surface area contributed by atoms with Crippen LogP contribution < -0.4 is 5.23 Å². The minimum atomic E-state index is -0.362. The molecular formula is C12H25BN2O. The first kappa shape index (κ1) is 12.4. The Balaban J connectivity index is 1.78.